The van der Waals surface area contributed by atoms with Crippen molar-refractivity contribution in [3.63, 3.8) is 0 Å². The third kappa shape index (κ3) is 2.76. The van der Waals surface area contributed by atoms with Crippen LogP contribution in [0.25, 0.3) is 10.9 Å². The summed E-state index contributed by atoms with van der Waals surface area (Å²) in [5, 5.41) is 13.4. The summed E-state index contributed by atoms with van der Waals surface area (Å²) in [6.45, 7) is 1.84. The highest BCUT2D eigenvalue weighted by atomic mass is 35.5. The van der Waals surface area contributed by atoms with Gasteiger partial charge in [0.1, 0.15) is 0 Å². The normalized spacial score (nSPS) is 11.6. The van der Waals surface area contributed by atoms with Gasteiger partial charge >= 0.3 is 0 Å². The Balaban J connectivity index is 2.15. The number of nitrogens with zero attached hydrogens (tertiary/aromatic N) is 2. The lowest BCUT2D eigenvalue weighted by atomic mass is 10.2. The van der Waals surface area contributed by atoms with Crippen LogP contribution in [0.15, 0.2) is 59.6 Å². The van der Waals surface area contributed by atoms with Crippen LogP contribution in [0, 0.1) is 12.1 Å². The van der Waals surface area contributed by atoms with E-state index in [1.807, 2.05) is 6.92 Å². The SMILES string of the molecule is Cc1ccc(S(=O)(=O)N([O-])c2cccc3c(Cl)ccnc23)cc1. The Morgan fingerprint density at radius 1 is 1.09 bits per heavy atom. The van der Waals surface area contributed by atoms with Gasteiger partial charge in [-0.25, -0.2) is 8.42 Å². The number of hydrogen-bond donors (Lipinski definition) is 0. The summed E-state index contributed by atoms with van der Waals surface area (Å²) in [5.41, 5.74) is 1.08. The number of sulfonamides is 1. The summed E-state index contributed by atoms with van der Waals surface area (Å²) in [7, 11) is -4.22. The molecule has 118 valence electrons. The van der Waals surface area contributed by atoms with Crippen LogP contribution < -0.4 is 4.47 Å². The fourth-order valence-electron chi connectivity index (χ4n) is 2.21. The number of halogens is 1. The summed E-state index contributed by atoms with van der Waals surface area (Å²) >= 11 is 6.07. The maximum atomic E-state index is 12.5. The van der Waals surface area contributed by atoms with Crippen LogP contribution in [0.4, 0.5) is 5.69 Å². The largest absolute Gasteiger partial charge is 0.744 e. The molecule has 0 aliphatic carbocycles. The summed E-state index contributed by atoms with van der Waals surface area (Å²) in [4.78, 5) is 4.02. The van der Waals surface area contributed by atoms with Crippen molar-refractivity contribution >= 4 is 38.2 Å². The first-order chi connectivity index (χ1) is 10.9. The topological polar surface area (TPSA) is 73.3 Å². The monoisotopic (exact) mass is 347 g/mol. The minimum Gasteiger partial charge on any atom is -0.744 e. The van der Waals surface area contributed by atoms with Crippen molar-refractivity contribution in [1.29, 1.82) is 0 Å². The van der Waals surface area contributed by atoms with Crippen molar-refractivity contribution in [2.45, 2.75) is 11.8 Å². The molecule has 1 aromatic heterocycles. The molecule has 1 heterocycles. The number of rotatable bonds is 3. The van der Waals surface area contributed by atoms with Crippen LogP contribution in [0.3, 0.4) is 0 Å². The van der Waals surface area contributed by atoms with Gasteiger partial charge in [-0.2, -0.15) is 0 Å². The number of hydrogen-bond acceptors (Lipinski definition) is 4. The molecular weight excluding hydrogens is 336 g/mol. The fourth-order valence-corrected chi connectivity index (χ4v) is 3.50. The number of aromatic nitrogens is 1. The molecule has 0 radical (unpaired) electrons. The first-order valence-corrected chi connectivity index (χ1v) is 8.55. The van der Waals surface area contributed by atoms with Gasteiger partial charge in [0.05, 0.1) is 21.1 Å². The minimum atomic E-state index is -4.22. The Bertz CT molecular complexity index is 972. The molecule has 0 spiro atoms. The van der Waals surface area contributed by atoms with Crippen molar-refractivity contribution in [2.24, 2.45) is 0 Å². The van der Waals surface area contributed by atoms with Gasteiger partial charge in [-0.1, -0.05) is 41.4 Å². The molecular formula is C16H12ClN2O3S-. The van der Waals surface area contributed by atoms with Crippen molar-refractivity contribution < 1.29 is 8.42 Å². The van der Waals surface area contributed by atoms with E-state index >= 15 is 0 Å². The van der Waals surface area contributed by atoms with Crippen LogP contribution in [0.5, 0.6) is 0 Å². The Kier molecular flexibility index (Phi) is 3.97. The van der Waals surface area contributed by atoms with Crippen LogP contribution in [0.1, 0.15) is 5.56 Å². The molecule has 5 nitrogen and oxygen atoms in total. The lowest BCUT2D eigenvalue weighted by Crippen LogP contribution is -2.25. The molecule has 0 saturated heterocycles. The molecule has 7 heteroatoms. The predicted molar refractivity (Wildman–Crippen MR) is 91.0 cm³/mol. The number of aryl methyl sites for hydroxylation is 1. The summed E-state index contributed by atoms with van der Waals surface area (Å²) in [6.07, 6.45) is 1.43. The van der Waals surface area contributed by atoms with Crippen molar-refractivity contribution in [2.75, 3.05) is 4.47 Å². The van der Waals surface area contributed by atoms with Gasteiger partial charge < -0.3 is 9.68 Å². The van der Waals surface area contributed by atoms with E-state index in [1.54, 1.807) is 30.3 Å². The van der Waals surface area contributed by atoms with Gasteiger partial charge in [0.25, 0.3) is 10.0 Å². The molecule has 0 unspecified atom stereocenters. The van der Waals surface area contributed by atoms with Crippen LogP contribution in [0.2, 0.25) is 5.02 Å². The van der Waals surface area contributed by atoms with E-state index in [-0.39, 0.29) is 20.6 Å². The third-order valence-electron chi connectivity index (χ3n) is 3.43. The zero-order valence-corrected chi connectivity index (χ0v) is 13.7. The van der Waals surface area contributed by atoms with Gasteiger partial charge in [0, 0.05) is 11.6 Å². The van der Waals surface area contributed by atoms with E-state index in [0.717, 1.165) is 5.56 Å². The second-order valence-electron chi connectivity index (χ2n) is 5.01. The average molecular weight is 348 g/mol. The Morgan fingerprint density at radius 2 is 1.78 bits per heavy atom. The molecule has 23 heavy (non-hydrogen) atoms. The van der Waals surface area contributed by atoms with E-state index in [4.69, 9.17) is 11.6 Å². The number of pyridine rings is 1. The van der Waals surface area contributed by atoms with Crippen LogP contribution in [-0.4, -0.2) is 13.4 Å². The highest BCUT2D eigenvalue weighted by Gasteiger charge is 2.19. The van der Waals surface area contributed by atoms with Crippen LogP contribution >= 0.6 is 11.6 Å². The van der Waals surface area contributed by atoms with E-state index in [2.05, 4.69) is 4.98 Å². The van der Waals surface area contributed by atoms with Crippen molar-refractivity contribution in [3.05, 3.63) is 70.5 Å². The Hall–Kier alpha value is -2.15. The fraction of sp³-hybridized carbons (Fsp3) is 0.0625. The smallest absolute Gasteiger partial charge is 0.254 e. The summed E-state index contributed by atoms with van der Waals surface area (Å²) in [5.74, 6) is 0. The zero-order valence-electron chi connectivity index (χ0n) is 12.1. The standard InChI is InChI=1S/C16H12ClN2O3S/c1-11-5-7-12(8-6-11)23(21,22)19(20)15-4-2-3-13-14(17)9-10-18-16(13)15/h2-10H,1H3/q-1. The average Bonchev–Trinajstić information content (AvgIpc) is 2.54. The third-order valence-corrected chi connectivity index (χ3v) is 5.26. The van der Waals surface area contributed by atoms with Crippen molar-refractivity contribution in [3.8, 4) is 0 Å². The molecule has 0 atom stereocenters. The first kappa shape index (κ1) is 15.7. The molecule has 0 saturated carbocycles. The first-order valence-electron chi connectivity index (χ1n) is 6.73. The maximum absolute atomic E-state index is 12.5. The molecule has 3 aromatic rings. The highest BCUT2D eigenvalue weighted by Crippen LogP contribution is 2.32. The molecule has 0 bridgehead atoms. The number of anilines is 1. The molecule has 0 aliphatic rings. The predicted octanol–water partition coefficient (Wildman–Crippen LogP) is 3.89. The number of benzene rings is 2. The zero-order chi connectivity index (χ0) is 16.6. The van der Waals surface area contributed by atoms with Gasteiger partial charge in [-0.05, 0) is 31.2 Å². The molecule has 3 rings (SSSR count). The van der Waals surface area contributed by atoms with E-state index < -0.39 is 10.0 Å². The second-order valence-corrected chi connectivity index (χ2v) is 7.17. The lowest BCUT2D eigenvalue weighted by Gasteiger charge is -2.30. The highest BCUT2D eigenvalue weighted by molar-refractivity contribution is 7.93. The van der Waals surface area contributed by atoms with E-state index in [1.165, 1.54) is 24.4 Å². The molecule has 0 fully saturated rings. The molecule has 0 amide bonds. The van der Waals surface area contributed by atoms with Crippen LogP contribution in [-0.2, 0) is 10.0 Å². The Labute approximate surface area is 138 Å². The van der Waals surface area contributed by atoms with Gasteiger partial charge in [0.2, 0.25) is 0 Å². The van der Waals surface area contributed by atoms with E-state index in [0.29, 0.717) is 10.4 Å². The number of fused-ring (bicyclic) bond motifs is 1. The summed E-state index contributed by atoms with van der Waals surface area (Å²) < 4.78 is 25.0. The Morgan fingerprint density at radius 3 is 2.48 bits per heavy atom. The van der Waals surface area contributed by atoms with Gasteiger partial charge in [-0.3, -0.25) is 4.98 Å². The maximum Gasteiger partial charge on any atom is 0.254 e. The van der Waals surface area contributed by atoms with Gasteiger partial charge in [0.15, 0.2) is 0 Å². The molecule has 0 N–H and O–H groups in total. The molecule has 0 aliphatic heterocycles. The molecule has 2 aromatic carbocycles. The lowest BCUT2D eigenvalue weighted by molar-refractivity contribution is 0.596. The van der Waals surface area contributed by atoms with Gasteiger partial charge in [-0.15, -0.1) is 0 Å². The quantitative estimate of drug-likeness (QED) is 0.674. The number of para-hydroxylation sites is 1. The van der Waals surface area contributed by atoms with Crippen molar-refractivity contribution in [1.82, 2.24) is 4.98 Å². The minimum absolute atomic E-state index is 0.0106. The summed E-state index contributed by atoms with van der Waals surface area (Å²) in [6, 6.07) is 12.3. The second kappa shape index (κ2) is 5.81. The van der Waals surface area contributed by atoms with E-state index in [9.17, 15) is 13.6 Å².